The van der Waals surface area contributed by atoms with Crippen molar-refractivity contribution in [1.82, 2.24) is 10.2 Å². The van der Waals surface area contributed by atoms with Gasteiger partial charge in [0.15, 0.2) is 0 Å². The highest BCUT2D eigenvalue weighted by molar-refractivity contribution is 9.10. The number of nitrogens with zero attached hydrogens (tertiary/aromatic N) is 1. The summed E-state index contributed by atoms with van der Waals surface area (Å²) >= 11 is 3.48. The molecule has 1 aromatic carbocycles. The minimum atomic E-state index is 0.420. The largest absolute Gasteiger partial charge is 0.383 e. The Kier molecular flexibility index (Phi) is 8.30. The Balaban J connectivity index is 2.50. The van der Waals surface area contributed by atoms with Crippen LogP contribution in [0.2, 0.25) is 0 Å². The van der Waals surface area contributed by atoms with Crippen molar-refractivity contribution in [2.24, 2.45) is 0 Å². The van der Waals surface area contributed by atoms with E-state index in [4.69, 9.17) is 4.74 Å². The summed E-state index contributed by atoms with van der Waals surface area (Å²) in [5.74, 6) is 0. The Morgan fingerprint density at radius 2 is 1.95 bits per heavy atom. The molecule has 1 aromatic rings. The first-order valence-electron chi connectivity index (χ1n) is 6.83. The van der Waals surface area contributed by atoms with Gasteiger partial charge in [0.2, 0.25) is 0 Å². The van der Waals surface area contributed by atoms with E-state index in [9.17, 15) is 0 Å². The first-order valence-corrected chi connectivity index (χ1v) is 7.63. The molecule has 3 nitrogen and oxygen atoms in total. The normalized spacial score (nSPS) is 12.9. The number of likely N-dealkylation sites (N-methyl/N-ethyl adjacent to an activating group) is 1. The van der Waals surface area contributed by atoms with Gasteiger partial charge in [-0.05, 0) is 44.3 Å². The molecule has 0 amide bonds. The number of hydrogen-bond donors (Lipinski definition) is 1. The summed E-state index contributed by atoms with van der Waals surface area (Å²) in [6, 6.07) is 9.00. The van der Waals surface area contributed by atoms with Crippen LogP contribution in [0.3, 0.4) is 0 Å². The van der Waals surface area contributed by atoms with Crippen LogP contribution in [0, 0.1) is 0 Å². The molecule has 108 valence electrons. The minimum absolute atomic E-state index is 0.420. The molecule has 0 bridgehead atoms. The molecule has 0 saturated heterocycles. The van der Waals surface area contributed by atoms with E-state index < -0.39 is 0 Å². The van der Waals surface area contributed by atoms with Gasteiger partial charge in [-0.15, -0.1) is 0 Å². The second-order valence-corrected chi connectivity index (χ2v) is 5.66. The summed E-state index contributed by atoms with van der Waals surface area (Å²) in [5.41, 5.74) is 1.35. The molecule has 1 unspecified atom stereocenters. The van der Waals surface area contributed by atoms with Gasteiger partial charge in [-0.2, -0.15) is 0 Å². The zero-order valence-electron chi connectivity index (χ0n) is 12.2. The molecule has 0 aromatic heterocycles. The third-order valence-electron chi connectivity index (χ3n) is 3.20. The van der Waals surface area contributed by atoms with Crippen molar-refractivity contribution in [1.29, 1.82) is 0 Å². The van der Waals surface area contributed by atoms with Crippen molar-refractivity contribution in [2.45, 2.75) is 19.4 Å². The number of ether oxygens (including phenoxy) is 1. The van der Waals surface area contributed by atoms with Gasteiger partial charge in [-0.1, -0.05) is 35.0 Å². The molecule has 4 heteroatoms. The molecule has 0 aliphatic carbocycles. The molecule has 0 aliphatic rings. The lowest BCUT2D eigenvalue weighted by Gasteiger charge is -2.22. The van der Waals surface area contributed by atoms with E-state index >= 15 is 0 Å². The average Bonchev–Trinajstić information content (AvgIpc) is 2.42. The Labute approximate surface area is 125 Å². The SMILES string of the molecule is CCNC(CCN(C)CCOC)c1ccc(Br)cc1. The first-order chi connectivity index (χ1) is 9.17. The summed E-state index contributed by atoms with van der Waals surface area (Å²) in [6.07, 6.45) is 1.11. The molecule has 0 radical (unpaired) electrons. The lowest BCUT2D eigenvalue weighted by atomic mass is 10.0. The van der Waals surface area contributed by atoms with Crippen LogP contribution >= 0.6 is 15.9 Å². The van der Waals surface area contributed by atoms with Gasteiger partial charge in [0, 0.05) is 24.2 Å². The maximum Gasteiger partial charge on any atom is 0.0589 e. The second kappa shape index (κ2) is 9.48. The predicted molar refractivity (Wildman–Crippen MR) is 84.5 cm³/mol. The number of methoxy groups -OCH3 is 1. The summed E-state index contributed by atoms with van der Waals surface area (Å²) < 4.78 is 6.23. The highest BCUT2D eigenvalue weighted by Crippen LogP contribution is 2.19. The van der Waals surface area contributed by atoms with E-state index in [0.29, 0.717) is 6.04 Å². The smallest absolute Gasteiger partial charge is 0.0589 e. The van der Waals surface area contributed by atoms with E-state index in [1.54, 1.807) is 7.11 Å². The highest BCUT2D eigenvalue weighted by Gasteiger charge is 2.11. The fourth-order valence-corrected chi connectivity index (χ4v) is 2.30. The van der Waals surface area contributed by atoms with Crippen LogP contribution in [0.1, 0.15) is 24.9 Å². The van der Waals surface area contributed by atoms with Crippen molar-refractivity contribution < 1.29 is 4.74 Å². The number of nitrogens with one attached hydrogen (secondary N) is 1. The molecular formula is C15H25BrN2O. The van der Waals surface area contributed by atoms with Crippen LogP contribution in [0.15, 0.2) is 28.7 Å². The Morgan fingerprint density at radius 1 is 1.26 bits per heavy atom. The number of rotatable bonds is 9. The van der Waals surface area contributed by atoms with Crippen molar-refractivity contribution in [3.05, 3.63) is 34.3 Å². The fraction of sp³-hybridized carbons (Fsp3) is 0.600. The van der Waals surface area contributed by atoms with Gasteiger partial charge in [0.05, 0.1) is 6.61 Å². The fourth-order valence-electron chi connectivity index (χ4n) is 2.04. The van der Waals surface area contributed by atoms with Gasteiger partial charge in [-0.25, -0.2) is 0 Å². The summed E-state index contributed by atoms with van der Waals surface area (Å²) in [4.78, 5) is 2.31. The number of halogens is 1. The molecule has 0 heterocycles. The van der Waals surface area contributed by atoms with E-state index in [2.05, 4.69) is 64.4 Å². The van der Waals surface area contributed by atoms with Gasteiger partial charge in [-0.3, -0.25) is 0 Å². The van der Waals surface area contributed by atoms with Crippen LogP contribution in [0.5, 0.6) is 0 Å². The van der Waals surface area contributed by atoms with Crippen molar-refractivity contribution in [2.75, 3.05) is 40.4 Å². The molecule has 1 N–H and O–H groups in total. The molecule has 1 atom stereocenters. The summed E-state index contributed by atoms with van der Waals surface area (Å²) in [5, 5.41) is 3.56. The zero-order chi connectivity index (χ0) is 14.1. The molecule has 1 rings (SSSR count). The van der Waals surface area contributed by atoms with Crippen molar-refractivity contribution >= 4 is 15.9 Å². The van der Waals surface area contributed by atoms with Crippen LogP contribution in [0.4, 0.5) is 0 Å². The van der Waals surface area contributed by atoms with E-state index in [0.717, 1.165) is 37.1 Å². The van der Waals surface area contributed by atoms with Crippen LogP contribution < -0.4 is 5.32 Å². The monoisotopic (exact) mass is 328 g/mol. The van der Waals surface area contributed by atoms with Crippen LogP contribution in [0.25, 0.3) is 0 Å². The number of benzene rings is 1. The molecule has 0 spiro atoms. The zero-order valence-corrected chi connectivity index (χ0v) is 13.7. The average molecular weight is 329 g/mol. The van der Waals surface area contributed by atoms with E-state index in [1.165, 1.54) is 5.56 Å². The molecule has 19 heavy (non-hydrogen) atoms. The second-order valence-electron chi connectivity index (χ2n) is 4.75. The lowest BCUT2D eigenvalue weighted by Crippen LogP contribution is -2.29. The molecule has 0 fully saturated rings. The summed E-state index contributed by atoms with van der Waals surface area (Å²) in [7, 11) is 3.89. The maximum absolute atomic E-state index is 5.10. The van der Waals surface area contributed by atoms with Crippen LogP contribution in [-0.4, -0.2) is 45.3 Å². The van der Waals surface area contributed by atoms with Gasteiger partial charge >= 0.3 is 0 Å². The quantitative estimate of drug-likeness (QED) is 0.754. The number of hydrogen-bond acceptors (Lipinski definition) is 3. The molecule has 0 aliphatic heterocycles. The molecule has 0 saturated carbocycles. The van der Waals surface area contributed by atoms with Crippen molar-refractivity contribution in [3.8, 4) is 0 Å². The van der Waals surface area contributed by atoms with Gasteiger partial charge in [0.1, 0.15) is 0 Å². The third kappa shape index (κ3) is 6.52. The Hall–Kier alpha value is -0.420. The van der Waals surface area contributed by atoms with E-state index in [-0.39, 0.29) is 0 Å². The third-order valence-corrected chi connectivity index (χ3v) is 3.73. The van der Waals surface area contributed by atoms with Crippen molar-refractivity contribution in [3.63, 3.8) is 0 Å². The van der Waals surface area contributed by atoms with E-state index in [1.807, 2.05) is 0 Å². The Morgan fingerprint density at radius 3 is 2.53 bits per heavy atom. The lowest BCUT2D eigenvalue weighted by molar-refractivity contribution is 0.159. The standard InChI is InChI=1S/C15H25BrN2O/c1-4-17-15(9-10-18(2)11-12-19-3)13-5-7-14(16)8-6-13/h5-8,15,17H,4,9-12H2,1-3H3. The Bertz CT molecular complexity index is 343. The topological polar surface area (TPSA) is 24.5 Å². The minimum Gasteiger partial charge on any atom is -0.383 e. The predicted octanol–water partition coefficient (Wildman–Crippen LogP) is 3.07. The maximum atomic E-state index is 5.10. The van der Waals surface area contributed by atoms with Gasteiger partial charge < -0.3 is 15.0 Å². The van der Waals surface area contributed by atoms with Crippen LogP contribution in [-0.2, 0) is 4.74 Å². The summed E-state index contributed by atoms with van der Waals surface area (Å²) in [6.45, 7) is 5.98. The van der Waals surface area contributed by atoms with Gasteiger partial charge in [0.25, 0.3) is 0 Å². The molecular weight excluding hydrogens is 304 g/mol. The first kappa shape index (κ1) is 16.6. The highest BCUT2D eigenvalue weighted by atomic mass is 79.9.